The van der Waals surface area contributed by atoms with Crippen LogP contribution >= 0.6 is 0 Å². The van der Waals surface area contributed by atoms with Crippen LogP contribution in [-0.2, 0) is 13.0 Å². The zero-order valence-corrected chi connectivity index (χ0v) is 12.7. The summed E-state index contributed by atoms with van der Waals surface area (Å²) < 4.78 is 7.53. The van der Waals surface area contributed by atoms with Gasteiger partial charge in [0.2, 0.25) is 0 Å². The molecule has 1 aliphatic carbocycles. The summed E-state index contributed by atoms with van der Waals surface area (Å²) in [4.78, 5) is 12.3. The number of rotatable bonds is 3. The van der Waals surface area contributed by atoms with Gasteiger partial charge in [0.25, 0.3) is 5.91 Å². The smallest absolute Gasteiger partial charge is 0.287 e. The van der Waals surface area contributed by atoms with Gasteiger partial charge in [0.15, 0.2) is 5.76 Å². The third-order valence-electron chi connectivity index (χ3n) is 4.62. The fraction of sp³-hybridized carbons (Fsp3) is 0.562. The zero-order valence-electron chi connectivity index (χ0n) is 12.7. The third-order valence-corrected chi connectivity index (χ3v) is 4.62. The Morgan fingerprint density at radius 1 is 1.32 bits per heavy atom. The quantitative estimate of drug-likeness (QED) is 0.943. The van der Waals surface area contributed by atoms with Gasteiger partial charge in [-0.3, -0.25) is 4.79 Å². The van der Waals surface area contributed by atoms with Crippen molar-refractivity contribution < 1.29 is 9.21 Å². The maximum atomic E-state index is 12.3. The van der Waals surface area contributed by atoms with Crippen LogP contribution in [0.25, 0.3) is 0 Å². The first kappa shape index (κ1) is 13.5. The molecule has 6 heteroatoms. The number of carbonyl (C=O) groups excluding carboxylic acids is 1. The first-order chi connectivity index (χ1) is 10.7. The molecule has 0 saturated heterocycles. The molecule has 22 heavy (non-hydrogen) atoms. The summed E-state index contributed by atoms with van der Waals surface area (Å²) >= 11 is 0. The standard InChI is InChI=1S/C16H20N4O2/c1-10-7-9-22-14(10)16(21)17-12-4-5-13-18-19-15(11-2-3-11)20(13)8-6-12/h7,9,11-12H,2-6,8H2,1H3,(H,17,21). The van der Waals surface area contributed by atoms with Gasteiger partial charge in [0, 0.05) is 30.5 Å². The molecule has 1 aliphatic heterocycles. The molecule has 116 valence electrons. The van der Waals surface area contributed by atoms with Crippen LogP contribution in [0.15, 0.2) is 16.7 Å². The highest BCUT2D eigenvalue weighted by molar-refractivity contribution is 5.92. The van der Waals surface area contributed by atoms with Crippen molar-refractivity contribution in [3.8, 4) is 0 Å². The van der Waals surface area contributed by atoms with Crippen molar-refractivity contribution in [1.29, 1.82) is 0 Å². The lowest BCUT2D eigenvalue weighted by molar-refractivity contribution is 0.0904. The maximum Gasteiger partial charge on any atom is 0.287 e. The second-order valence-corrected chi connectivity index (χ2v) is 6.33. The van der Waals surface area contributed by atoms with E-state index in [4.69, 9.17) is 4.42 Å². The molecule has 1 N–H and O–H groups in total. The van der Waals surface area contributed by atoms with Crippen molar-refractivity contribution in [3.05, 3.63) is 35.3 Å². The summed E-state index contributed by atoms with van der Waals surface area (Å²) in [7, 11) is 0. The molecule has 2 aliphatic rings. The Labute approximate surface area is 128 Å². The molecule has 4 rings (SSSR count). The second-order valence-electron chi connectivity index (χ2n) is 6.33. The molecule has 2 aromatic heterocycles. The van der Waals surface area contributed by atoms with Gasteiger partial charge in [-0.25, -0.2) is 0 Å². The van der Waals surface area contributed by atoms with E-state index in [0.717, 1.165) is 43.0 Å². The zero-order chi connectivity index (χ0) is 15.1. The monoisotopic (exact) mass is 300 g/mol. The van der Waals surface area contributed by atoms with E-state index in [1.165, 1.54) is 12.8 Å². The van der Waals surface area contributed by atoms with E-state index in [2.05, 4.69) is 20.1 Å². The fourth-order valence-electron chi connectivity index (χ4n) is 3.15. The van der Waals surface area contributed by atoms with Crippen molar-refractivity contribution in [2.75, 3.05) is 0 Å². The van der Waals surface area contributed by atoms with Crippen LogP contribution in [0.1, 0.15) is 59.4 Å². The van der Waals surface area contributed by atoms with Crippen LogP contribution in [0.4, 0.5) is 0 Å². The number of aromatic nitrogens is 3. The van der Waals surface area contributed by atoms with E-state index < -0.39 is 0 Å². The van der Waals surface area contributed by atoms with E-state index in [9.17, 15) is 4.79 Å². The molecule has 0 bridgehead atoms. The number of amides is 1. The summed E-state index contributed by atoms with van der Waals surface area (Å²) in [5.41, 5.74) is 0.874. The van der Waals surface area contributed by atoms with Gasteiger partial charge in [0.05, 0.1) is 6.26 Å². The van der Waals surface area contributed by atoms with E-state index in [1.807, 2.05) is 13.0 Å². The van der Waals surface area contributed by atoms with E-state index in [1.54, 1.807) is 6.26 Å². The van der Waals surface area contributed by atoms with Gasteiger partial charge in [-0.15, -0.1) is 10.2 Å². The molecule has 1 unspecified atom stereocenters. The van der Waals surface area contributed by atoms with Crippen LogP contribution in [0.2, 0.25) is 0 Å². The highest BCUT2D eigenvalue weighted by Crippen LogP contribution is 2.39. The Hall–Kier alpha value is -2.11. The Bertz CT molecular complexity index is 699. The summed E-state index contributed by atoms with van der Waals surface area (Å²) in [5.74, 6) is 3.12. The molecule has 3 heterocycles. The second kappa shape index (κ2) is 5.26. The number of hydrogen-bond donors (Lipinski definition) is 1. The number of aryl methyl sites for hydroxylation is 2. The van der Waals surface area contributed by atoms with Crippen molar-refractivity contribution in [1.82, 2.24) is 20.1 Å². The summed E-state index contributed by atoms with van der Waals surface area (Å²) in [6, 6.07) is 1.97. The molecule has 6 nitrogen and oxygen atoms in total. The normalized spacial score (nSPS) is 21.2. The van der Waals surface area contributed by atoms with Gasteiger partial charge in [-0.2, -0.15) is 0 Å². The minimum absolute atomic E-state index is 0.118. The number of hydrogen-bond acceptors (Lipinski definition) is 4. The van der Waals surface area contributed by atoms with Crippen LogP contribution < -0.4 is 5.32 Å². The molecule has 2 aromatic rings. The Kier molecular flexibility index (Phi) is 3.24. The fourth-order valence-corrected chi connectivity index (χ4v) is 3.15. The maximum absolute atomic E-state index is 12.3. The molecule has 0 aromatic carbocycles. The van der Waals surface area contributed by atoms with E-state index >= 15 is 0 Å². The summed E-state index contributed by atoms with van der Waals surface area (Å²) in [6.07, 6.45) is 6.69. The highest BCUT2D eigenvalue weighted by Gasteiger charge is 2.31. The minimum atomic E-state index is -0.118. The minimum Gasteiger partial charge on any atom is -0.459 e. The molecule has 1 amide bonds. The average Bonchev–Trinajstić information content (AvgIpc) is 3.19. The molecule has 1 atom stereocenters. The Morgan fingerprint density at radius 2 is 2.18 bits per heavy atom. The van der Waals surface area contributed by atoms with E-state index in [-0.39, 0.29) is 11.9 Å². The lowest BCUT2D eigenvalue weighted by Gasteiger charge is -2.15. The number of nitrogens with one attached hydrogen (secondary N) is 1. The van der Waals surface area contributed by atoms with Crippen molar-refractivity contribution in [3.63, 3.8) is 0 Å². The number of carbonyl (C=O) groups is 1. The first-order valence-electron chi connectivity index (χ1n) is 7.99. The molecule has 0 radical (unpaired) electrons. The SMILES string of the molecule is Cc1ccoc1C(=O)NC1CCc2nnc(C3CC3)n2CC1. The number of fused-ring (bicyclic) bond motifs is 1. The number of furan rings is 1. The average molecular weight is 300 g/mol. The largest absolute Gasteiger partial charge is 0.459 e. The van der Waals surface area contributed by atoms with Crippen molar-refractivity contribution >= 4 is 5.91 Å². The molecular weight excluding hydrogens is 280 g/mol. The molecular formula is C16H20N4O2. The van der Waals surface area contributed by atoms with E-state index in [0.29, 0.717) is 11.7 Å². The van der Waals surface area contributed by atoms with Crippen molar-refractivity contribution in [2.45, 2.75) is 57.5 Å². The molecule has 1 fully saturated rings. The van der Waals surface area contributed by atoms with Gasteiger partial charge in [-0.05, 0) is 38.7 Å². The van der Waals surface area contributed by atoms with Crippen LogP contribution in [0.3, 0.4) is 0 Å². The predicted molar refractivity (Wildman–Crippen MR) is 79.6 cm³/mol. The topological polar surface area (TPSA) is 73.0 Å². The van der Waals surface area contributed by atoms with Gasteiger partial charge >= 0.3 is 0 Å². The Balaban J connectivity index is 1.44. The van der Waals surface area contributed by atoms with Gasteiger partial charge < -0.3 is 14.3 Å². The molecule has 1 saturated carbocycles. The third kappa shape index (κ3) is 2.42. The lowest BCUT2D eigenvalue weighted by atomic mass is 10.1. The Morgan fingerprint density at radius 3 is 2.91 bits per heavy atom. The first-order valence-corrected chi connectivity index (χ1v) is 7.99. The van der Waals surface area contributed by atoms with Gasteiger partial charge in [0.1, 0.15) is 11.6 Å². The van der Waals surface area contributed by atoms with Crippen LogP contribution in [0.5, 0.6) is 0 Å². The predicted octanol–water partition coefficient (Wildman–Crippen LogP) is 2.19. The summed E-state index contributed by atoms with van der Waals surface area (Å²) in [5, 5.41) is 11.8. The molecule has 0 spiro atoms. The van der Waals surface area contributed by atoms with Crippen molar-refractivity contribution in [2.24, 2.45) is 0 Å². The van der Waals surface area contributed by atoms with Crippen LogP contribution in [0, 0.1) is 6.92 Å². The lowest BCUT2D eigenvalue weighted by Crippen LogP contribution is -2.35. The summed E-state index contributed by atoms with van der Waals surface area (Å²) in [6.45, 7) is 2.77. The number of nitrogens with zero attached hydrogens (tertiary/aromatic N) is 3. The highest BCUT2D eigenvalue weighted by atomic mass is 16.3. The van der Waals surface area contributed by atoms with Gasteiger partial charge in [-0.1, -0.05) is 0 Å². The van der Waals surface area contributed by atoms with Crippen LogP contribution in [-0.4, -0.2) is 26.7 Å².